The number of benzene rings is 1. The normalized spacial score (nSPS) is 14.9. The average Bonchev–Trinajstić information content (AvgIpc) is 2.83. The monoisotopic (exact) mass is 278 g/mol. The van der Waals surface area contributed by atoms with Gasteiger partial charge in [0.1, 0.15) is 5.75 Å². The fourth-order valence-electron chi connectivity index (χ4n) is 2.49. The van der Waals surface area contributed by atoms with Gasteiger partial charge in [0.25, 0.3) is 0 Å². The van der Waals surface area contributed by atoms with Crippen molar-refractivity contribution in [2.24, 2.45) is 0 Å². The lowest BCUT2D eigenvalue weighted by Gasteiger charge is -2.13. The second-order valence-corrected chi connectivity index (χ2v) is 4.53. The lowest BCUT2D eigenvalue weighted by molar-refractivity contribution is 0.341. The van der Waals surface area contributed by atoms with Crippen molar-refractivity contribution in [1.29, 1.82) is 0 Å². The van der Waals surface area contributed by atoms with Crippen LogP contribution in [-0.4, -0.2) is 24.7 Å². The summed E-state index contributed by atoms with van der Waals surface area (Å²) < 4.78 is 5.58. The zero-order chi connectivity index (χ0) is 12.4. The number of aromatic amines is 1. The molecular weight excluding hydrogens is 260 g/mol. The van der Waals surface area contributed by atoms with Crippen LogP contribution in [0.2, 0.25) is 0 Å². The average molecular weight is 279 g/mol. The molecule has 0 amide bonds. The maximum absolute atomic E-state index is 5.58. The number of nitrogens with one attached hydrogen (secondary N) is 2. The molecule has 102 valence electrons. The lowest BCUT2D eigenvalue weighted by atomic mass is 10.00. The van der Waals surface area contributed by atoms with E-state index in [1.165, 1.54) is 22.0 Å². The second-order valence-electron chi connectivity index (χ2n) is 4.53. The second kappa shape index (κ2) is 6.13. The third-order valence-electron chi connectivity index (χ3n) is 3.37. The third-order valence-corrected chi connectivity index (χ3v) is 3.37. The number of rotatable bonds is 3. The van der Waals surface area contributed by atoms with Crippen LogP contribution >= 0.6 is 12.4 Å². The first-order valence-corrected chi connectivity index (χ1v) is 6.52. The number of aromatic nitrogens is 1. The summed E-state index contributed by atoms with van der Waals surface area (Å²) in [4.78, 5) is 3.34. The highest BCUT2D eigenvalue weighted by Gasteiger charge is 2.11. The summed E-state index contributed by atoms with van der Waals surface area (Å²) in [6, 6.07) is 6.24. The molecular formula is C15H19ClN2O. The van der Waals surface area contributed by atoms with Crippen LogP contribution in [0, 0.1) is 0 Å². The van der Waals surface area contributed by atoms with Gasteiger partial charge in [-0.25, -0.2) is 0 Å². The molecule has 0 fully saturated rings. The Balaban J connectivity index is 0.00000133. The van der Waals surface area contributed by atoms with Crippen LogP contribution in [0.15, 0.2) is 30.5 Å². The number of hydrogen-bond donors (Lipinski definition) is 2. The summed E-state index contributed by atoms with van der Waals surface area (Å²) in [5.41, 5.74) is 3.91. The molecule has 0 spiro atoms. The topological polar surface area (TPSA) is 37.0 Å². The van der Waals surface area contributed by atoms with Crippen molar-refractivity contribution in [2.45, 2.75) is 13.3 Å². The van der Waals surface area contributed by atoms with E-state index in [9.17, 15) is 0 Å². The van der Waals surface area contributed by atoms with E-state index in [1.54, 1.807) is 0 Å². The van der Waals surface area contributed by atoms with Gasteiger partial charge < -0.3 is 15.0 Å². The molecule has 0 radical (unpaired) electrons. The first kappa shape index (κ1) is 14.0. The van der Waals surface area contributed by atoms with E-state index in [0.717, 1.165) is 25.3 Å². The smallest absolute Gasteiger partial charge is 0.120 e. The Morgan fingerprint density at radius 2 is 2.21 bits per heavy atom. The standard InChI is InChI=1S/C15H18N2O.ClH/c1-2-18-12-3-4-15-13(9-12)14(10-17-15)11-5-7-16-8-6-11;/h3-5,9-10,16-17H,2,6-8H2,1H3;1H. The molecule has 0 saturated carbocycles. The van der Waals surface area contributed by atoms with Crippen molar-refractivity contribution >= 4 is 28.9 Å². The maximum atomic E-state index is 5.58. The molecule has 19 heavy (non-hydrogen) atoms. The van der Waals surface area contributed by atoms with Gasteiger partial charge in [0.2, 0.25) is 0 Å². The first-order valence-electron chi connectivity index (χ1n) is 6.52. The SMILES string of the molecule is CCOc1ccc2[nH]cc(C3=CCNCC3)c2c1.Cl. The van der Waals surface area contributed by atoms with Gasteiger partial charge in [-0.05, 0) is 43.7 Å². The molecule has 2 aromatic rings. The minimum atomic E-state index is 0. The Morgan fingerprint density at radius 3 is 2.95 bits per heavy atom. The van der Waals surface area contributed by atoms with Gasteiger partial charge in [-0.3, -0.25) is 0 Å². The Bertz CT molecular complexity index is 589. The van der Waals surface area contributed by atoms with Crippen molar-refractivity contribution in [3.8, 4) is 5.75 Å². The van der Waals surface area contributed by atoms with Crippen molar-refractivity contribution < 1.29 is 4.74 Å². The van der Waals surface area contributed by atoms with Crippen LogP contribution in [0.25, 0.3) is 16.5 Å². The molecule has 0 saturated heterocycles. The van der Waals surface area contributed by atoms with Gasteiger partial charge in [0.15, 0.2) is 0 Å². The largest absolute Gasteiger partial charge is 0.494 e. The summed E-state index contributed by atoms with van der Waals surface area (Å²) in [5.74, 6) is 0.945. The number of ether oxygens (including phenoxy) is 1. The quantitative estimate of drug-likeness (QED) is 0.903. The highest BCUT2D eigenvalue weighted by Crippen LogP contribution is 2.30. The number of halogens is 1. The fraction of sp³-hybridized carbons (Fsp3) is 0.333. The van der Waals surface area contributed by atoms with Crippen LogP contribution < -0.4 is 10.1 Å². The summed E-state index contributed by atoms with van der Waals surface area (Å²) in [6.45, 7) is 4.74. The first-order chi connectivity index (χ1) is 8.88. The summed E-state index contributed by atoms with van der Waals surface area (Å²) >= 11 is 0. The molecule has 2 N–H and O–H groups in total. The van der Waals surface area contributed by atoms with Crippen molar-refractivity contribution in [3.05, 3.63) is 36.0 Å². The van der Waals surface area contributed by atoms with Crippen LogP contribution in [0.5, 0.6) is 5.75 Å². The molecule has 1 aromatic heterocycles. The Morgan fingerprint density at radius 1 is 1.32 bits per heavy atom. The Kier molecular flexibility index (Phi) is 4.51. The highest BCUT2D eigenvalue weighted by atomic mass is 35.5. The van der Waals surface area contributed by atoms with Gasteiger partial charge in [0, 0.05) is 29.2 Å². The zero-order valence-electron chi connectivity index (χ0n) is 11.0. The molecule has 3 nitrogen and oxygen atoms in total. The molecule has 0 atom stereocenters. The number of H-pyrrole nitrogens is 1. The molecule has 1 aliphatic rings. The molecule has 0 bridgehead atoms. The van der Waals surface area contributed by atoms with Gasteiger partial charge in [-0.15, -0.1) is 12.4 Å². The molecule has 2 heterocycles. The maximum Gasteiger partial charge on any atom is 0.120 e. The minimum Gasteiger partial charge on any atom is -0.494 e. The van der Waals surface area contributed by atoms with Crippen molar-refractivity contribution in [1.82, 2.24) is 10.3 Å². The van der Waals surface area contributed by atoms with E-state index in [0.29, 0.717) is 6.61 Å². The van der Waals surface area contributed by atoms with Crippen molar-refractivity contribution in [3.63, 3.8) is 0 Å². The zero-order valence-corrected chi connectivity index (χ0v) is 11.8. The summed E-state index contributed by atoms with van der Waals surface area (Å²) in [5, 5.41) is 4.60. The molecule has 0 aliphatic carbocycles. The minimum absolute atomic E-state index is 0. The van der Waals surface area contributed by atoms with Gasteiger partial charge >= 0.3 is 0 Å². The predicted octanol–water partition coefficient (Wildman–Crippen LogP) is 3.37. The number of fused-ring (bicyclic) bond motifs is 1. The van der Waals surface area contributed by atoms with Crippen LogP contribution in [0.3, 0.4) is 0 Å². The van der Waals surface area contributed by atoms with E-state index in [2.05, 4.69) is 34.7 Å². The predicted molar refractivity (Wildman–Crippen MR) is 82.2 cm³/mol. The van der Waals surface area contributed by atoms with E-state index in [1.807, 2.05) is 13.0 Å². The summed E-state index contributed by atoms with van der Waals surface area (Å²) in [7, 11) is 0. The van der Waals surface area contributed by atoms with Crippen molar-refractivity contribution in [2.75, 3.05) is 19.7 Å². The Labute approximate surface area is 119 Å². The van der Waals surface area contributed by atoms with Gasteiger partial charge in [-0.1, -0.05) is 6.08 Å². The van der Waals surface area contributed by atoms with E-state index in [4.69, 9.17) is 4.74 Å². The molecule has 4 heteroatoms. The molecule has 3 rings (SSSR count). The van der Waals surface area contributed by atoms with Crippen LogP contribution in [0.1, 0.15) is 18.9 Å². The van der Waals surface area contributed by atoms with E-state index < -0.39 is 0 Å². The van der Waals surface area contributed by atoms with E-state index >= 15 is 0 Å². The Hall–Kier alpha value is -1.45. The third kappa shape index (κ3) is 2.77. The van der Waals surface area contributed by atoms with E-state index in [-0.39, 0.29) is 12.4 Å². The fourth-order valence-corrected chi connectivity index (χ4v) is 2.49. The van der Waals surface area contributed by atoms with Crippen LogP contribution in [-0.2, 0) is 0 Å². The number of hydrogen-bond acceptors (Lipinski definition) is 2. The van der Waals surface area contributed by atoms with Gasteiger partial charge in [0.05, 0.1) is 6.61 Å². The molecule has 1 aliphatic heterocycles. The lowest BCUT2D eigenvalue weighted by Crippen LogP contribution is -2.19. The van der Waals surface area contributed by atoms with Crippen LogP contribution in [0.4, 0.5) is 0 Å². The molecule has 0 unspecified atom stereocenters. The highest BCUT2D eigenvalue weighted by molar-refractivity contribution is 5.93. The summed E-state index contributed by atoms with van der Waals surface area (Å²) in [6.07, 6.45) is 5.48. The van der Waals surface area contributed by atoms with Gasteiger partial charge in [-0.2, -0.15) is 0 Å². The molecule has 1 aromatic carbocycles.